The molecule has 0 bridgehead atoms. The van der Waals surface area contributed by atoms with E-state index >= 15 is 0 Å². The molecule has 1 N–H and O–H groups in total. The first-order valence-electron chi connectivity index (χ1n) is 7.52. The molecule has 1 aromatic heterocycles. The van der Waals surface area contributed by atoms with Crippen LogP contribution < -0.4 is 5.43 Å². The summed E-state index contributed by atoms with van der Waals surface area (Å²) in [5, 5.41) is 6.07. The maximum absolute atomic E-state index is 13.5. The first-order valence-corrected chi connectivity index (χ1v) is 8.40. The number of aromatic nitrogens is 1. The van der Waals surface area contributed by atoms with E-state index in [1.807, 2.05) is 35.7 Å². The van der Waals surface area contributed by atoms with Gasteiger partial charge in [0, 0.05) is 16.5 Å². The lowest BCUT2D eigenvalue weighted by Gasteiger charge is -2.13. The third-order valence-corrected chi connectivity index (χ3v) is 4.40. The minimum Gasteiger partial charge on any atom is -0.253 e. The molecule has 1 heterocycles. The molecule has 134 valence electrons. The molecular weight excluding hydrogens is 366 g/mol. The Bertz CT molecular complexity index is 933. The predicted molar refractivity (Wildman–Crippen MR) is 94.9 cm³/mol. The Labute approximate surface area is 151 Å². The Morgan fingerprint density at radius 1 is 1.12 bits per heavy atom. The summed E-state index contributed by atoms with van der Waals surface area (Å²) in [5.41, 5.74) is 2.56. The summed E-state index contributed by atoms with van der Waals surface area (Å²) in [5.74, 6) is -0.908. The van der Waals surface area contributed by atoms with Gasteiger partial charge in [-0.3, -0.25) is 5.43 Å². The summed E-state index contributed by atoms with van der Waals surface area (Å²) in [7, 11) is 0. The van der Waals surface area contributed by atoms with Crippen LogP contribution in [0.5, 0.6) is 0 Å². The van der Waals surface area contributed by atoms with Gasteiger partial charge < -0.3 is 0 Å². The van der Waals surface area contributed by atoms with E-state index in [-0.39, 0.29) is 5.56 Å². The number of rotatable bonds is 4. The van der Waals surface area contributed by atoms with Crippen LogP contribution in [0.4, 0.5) is 22.7 Å². The van der Waals surface area contributed by atoms with Crippen LogP contribution in [0, 0.1) is 12.7 Å². The lowest BCUT2D eigenvalue weighted by atomic mass is 10.0. The van der Waals surface area contributed by atoms with Gasteiger partial charge in [-0.05, 0) is 24.6 Å². The van der Waals surface area contributed by atoms with Crippen molar-refractivity contribution < 1.29 is 17.6 Å². The second-order valence-electron chi connectivity index (χ2n) is 5.41. The number of alkyl halides is 3. The highest BCUT2D eigenvalue weighted by Crippen LogP contribution is 2.35. The normalized spacial score (nSPS) is 11.9. The molecular formula is C18H13F4N3S. The lowest BCUT2D eigenvalue weighted by molar-refractivity contribution is -0.138. The monoisotopic (exact) mass is 379 g/mol. The fraction of sp³-hybridized carbons (Fsp3) is 0.111. The van der Waals surface area contributed by atoms with Crippen molar-refractivity contribution in [3.63, 3.8) is 0 Å². The van der Waals surface area contributed by atoms with E-state index in [4.69, 9.17) is 0 Å². The number of nitrogens with one attached hydrogen (secondary N) is 1. The quantitative estimate of drug-likeness (QED) is 0.357. The molecule has 0 radical (unpaired) electrons. The van der Waals surface area contributed by atoms with Crippen LogP contribution in [0.25, 0.3) is 11.3 Å². The molecule has 2 aromatic carbocycles. The molecule has 0 atom stereocenters. The highest BCUT2D eigenvalue weighted by Gasteiger charge is 2.35. The van der Waals surface area contributed by atoms with Gasteiger partial charge in [-0.15, -0.1) is 11.3 Å². The van der Waals surface area contributed by atoms with E-state index in [9.17, 15) is 17.6 Å². The molecule has 8 heteroatoms. The third kappa shape index (κ3) is 3.91. The first-order chi connectivity index (χ1) is 12.4. The molecule has 0 aliphatic rings. The summed E-state index contributed by atoms with van der Waals surface area (Å²) in [6.45, 7) is 1.09. The van der Waals surface area contributed by atoms with E-state index in [1.165, 1.54) is 11.3 Å². The summed E-state index contributed by atoms with van der Waals surface area (Å²) in [4.78, 5) is 4.33. The second-order valence-corrected chi connectivity index (χ2v) is 6.27. The number of nitrogens with zero attached hydrogens (tertiary/aromatic N) is 2. The van der Waals surface area contributed by atoms with Gasteiger partial charge in [-0.2, -0.15) is 18.3 Å². The molecule has 0 saturated carbocycles. The number of thiazole rings is 1. The van der Waals surface area contributed by atoms with Gasteiger partial charge in [-0.1, -0.05) is 30.3 Å². The van der Waals surface area contributed by atoms with Crippen LogP contribution in [-0.2, 0) is 6.18 Å². The van der Waals surface area contributed by atoms with Crippen LogP contribution >= 0.6 is 11.3 Å². The highest BCUT2D eigenvalue weighted by molar-refractivity contribution is 7.14. The largest absolute Gasteiger partial charge is 0.417 e. The number of anilines is 1. The average molecular weight is 379 g/mol. The number of halogens is 4. The first kappa shape index (κ1) is 18.1. The average Bonchev–Trinajstić information content (AvgIpc) is 3.06. The zero-order valence-corrected chi connectivity index (χ0v) is 14.3. The van der Waals surface area contributed by atoms with E-state index in [2.05, 4.69) is 15.5 Å². The van der Waals surface area contributed by atoms with E-state index in [1.54, 1.807) is 0 Å². The van der Waals surface area contributed by atoms with Crippen LogP contribution in [0.1, 0.15) is 16.7 Å². The molecule has 3 aromatic rings. The molecule has 0 fully saturated rings. The van der Waals surface area contributed by atoms with Gasteiger partial charge in [0.05, 0.1) is 17.5 Å². The Balaban J connectivity index is 1.80. The van der Waals surface area contributed by atoms with Gasteiger partial charge in [-0.25, -0.2) is 9.37 Å². The summed E-state index contributed by atoms with van der Waals surface area (Å²) in [6.07, 6.45) is -3.66. The fourth-order valence-corrected chi connectivity index (χ4v) is 3.08. The molecule has 0 spiro atoms. The van der Waals surface area contributed by atoms with E-state index < -0.39 is 23.1 Å². The van der Waals surface area contributed by atoms with Crippen molar-refractivity contribution in [3.05, 3.63) is 70.4 Å². The van der Waals surface area contributed by atoms with E-state index in [0.29, 0.717) is 5.13 Å². The molecule has 0 amide bonds. The van der Waals surface area contributed by atoms with Crippen molar-refractivity contribution in [3.8, 4) is 11.3 Å². The van der Waals surface area contributed by atoms with Crippen LogP contribution in [0.15, 0.2) is 52.9 Å². The Morgan fingerprint density at radius 3 is 2.54 bits per heavy atom. The van der Waals surface area contributed by atoms with Crippen molar-refractivity contribution in [1.29, 1.82) is 0 Å². The minimum atomic E-state index is -4.67. The third-order valence-electron chi connectivity index (χ3n) is 3.65. The van der Waals surface area contributed by atoms with Gasteiger partial charge in [0.2, 0.25) is 5.13 Å². The van der Waals surface area contributed by atoms with Crippen LogP contribution in [0.2, 0.25) is 0 Å². The van der Waals surface area contributed by atoms with Gasteiger partial charge >= 0.3 is 6.18 Å². The van der Waals surface area contributed by atoms with Crippen molar-refractivity contribution in [1.82, 2.24) is 4.98 Å². The maximum Gasteiger partial charge on any atom is 0.417 e. The molecule has 3 rings (SSSR count). The number of hydrogen-bond donors (Lipinski definition) is 1. The van der Waals surface area contributed by atoms with Crippen molar-refractivity contribution in [2.45, 2.75) is 13.1 Å². The summed E-state index contributed by atoms with van der Waals surface area (Å²) >= 11 is 1.28. The molecule has 0 unspecified atom stereocenters. The van der Waals surface area contributed by atoms with Crippen molar-refractivity contribution in [2.24, 2.45) is 5.10 Å². The molecule has 0 saturated heterocycles. The zero-order valence-electron chi connectivity index (χ0n) is 13.5. The highest BCUT2D eigenvalue weighted by atomic mass is 32.1. The minimum absolute atomic E-state index is 0.219. The number of benzene rings is 2. The lowest BCUT2D eigenvalue weighted by Crippen LogP contribution is -2.13. The van der Waals surface area contributed by atoms with Crippen molar-refractivity contribution in [2.75, 3.05) is 5.43 Å². The number of hydrogen-bond acceptors (Lipinski definition) is 4. The molecule has 0 aliphatic heterocycles. The van der Waals surface area contributed by atoms with Crippen LogP contribution in [0.3, 0.4) is 0 Å². The molecule has 26 heavy (non-hydrogen) atoms. The predicted octanol–water partition coefficient (Wildman–Crippen LogP) is 5.72. The van der Waals surface area contributed by atoms with Gasteiger partial charge in [0.15, 0.2) is 0 Å². The van der Waals surface area contributed by atoms with Gasteiger partial charge in [0.1, 0.15) is 5.82 Å². The Kier molecular flexibility index (Phi) is 5.03. The summed E-state index contributed by atoms with van der Waals surface area (Å²) < 4.78 is 53.0. The maximum atomic E-state index is 13.5. The fourth-order valence-electron chi connectivity index (χ4n) is 2.41. The Hall–Kier alpha value is -2.74. The van der Waals surface area contributed by atoms with Crippen LogP contribution in [-0.4, -0.2) is 11.2 Å². The second kappa shape index (κ2) is 7.25. The van der Waals surface area contributed by atoms with Gasteiger partial charge in [0.25, 0.3) is 0 Å². The SMILES string of the molecule is Cc1c(F)ccc(C=NNc2nc(-c3ccccc3)cs2)c1C(F)(F)F. The molecule has 3 nitrogen and oxygen atoms in total. The summed E-state index contributed by atoms with van der Waals surface area (Å²) in [6, 6.07) is 11.5. The Morgan fingerprint density at radius 2 is 1.85 bits per heavy atom. The zero-order chi connectivity index (χ0) is 18.7. The topological polar surface area (TPSA) is 37.3 Å². The molecule has 0 aliphatic carbocycles. The van der Waals surface area contributed by atoms with E-state index in [0.717, 1.165) is 36.5 Å². The standard InChI is InChI=1S/C18H13F4N3S/c1-11-14(19)8-7-13(16(11)18(20,21)22)9-23-25-17-24-15(10-26-17)12-5-3-2-4-6-12/h2-10H,1H3,(H,24,25). The number of hydrazone groups is 1. The smallest absolute Gasteiger partial charge is 0.253 e. The van der Waals surface area contributed by atoms with Crippen molar-refractivity contribution >= 4 is 22.7 Å².